The third-order valence-electron chi connectivity index (χ3n) is 7.05. The van der Waals surface area contributed by atoms with Crippen molar-refractivity contribution in [3.05, 3.63) is 89.5 Å². The molecule has 0 aliphatic heterocycles. The number of methoxy groups -OCH3 is 1. The summed E-state index contributed by atoms with van der Waals surface area (Å²) < 4.78 is 33.4. The maximum absolute atomic E-state index is 14.4. The molecule has 4 rings (SSSR count). The molecule has 3 aromatic rings. The predicted molar refractivity (Wildman–Crippen MR) is 128 cm³/mol. The fraction of sp³-hybridized carbons (Fsp3) is 0.379. The summed E-state index contributed by atoms with van der Waals surface area (Å²) in [5, 5.41) is 0.952. The summed E-state index contributed by atoms with van der Waals surface area (Å²) in [6, 6.07) is 16.1. The number of rotatable bonds is 8. The summed E-state index contributed by atoms with van der Waals surface area (Å²) in [6.07, 6.45) is 11.3. The van der Waals surface area contributed by atoms with Gasteiger partial charge in [0.1, 0.15) is 0 Å². The predicted octanol–water partition coefficient (Wildman–Crippen LogP) is 8.15. The van der Waals surface area contributed by atoms with Crippen LogP contribution in [0.2, 0.25) is 0 Å². The highest BCUT2D eigenvalue weighted by molar-refractivity contribution is 5.85. The normalized spacial score (nSPS) is 18.6. The zero-order valence-corrected chi connectivity index (χ0v) is 18.9. The second-order valence-corrected chi connectivity index (χ2v) is 9.09. The molecular weight excluding hydrogens is 402 g/mol. The summed E-state index contributed by atoms with van der Waals surface area (Å²) >= 11 is 0. The van der Waals surface area contributed by atoms with Crippen molar-refractivity contribution < 1.29 is 13.5 Å². The highest BCUT2D eigenvalue weighted by atomic mass is 19.2. The fourth-order valence-corrected chi connectivity index (χ4v) is 5.04. The molecule has 1 nitrogen and oxygen atoms in total. The topological polar surface area (TPSA) is 9.23 Å². The molecule has 0 bridgehead atoms. The van der Waals surface area contributed by atoms with Gasteiger partial charge in [-0.15, -0.1) is 6.58 Å². The third kappa shape index (κ3) is 5.03. The molecule has 1 aliphatic carbocycles. The van der Waals surface area contributed by atoms with Crippen LogP contribution in [0.4, 0.5) is 8.78 Å². The van der Waals surface area contributed by atoms with Crippen LogP contribution in [0.3, 0.4) is 0 Å². The van der Waals surface area contributed by atoms with Crippen molar-refractivity contribution in [2.45, 2.75) is 57.3 Å². The molecule has 0 saturated heterocycles. The van der Waals surface area contributed by atoms with Crippen molar-refractivity contribution in [1.82, 2.24) is 0 Å². The molecule has 0 radical (unpaired) electrons. The SMILES string of the molecule is C=CCCC1CCC(c2ccc(CCc3ccc4cc(OC)c(F)c(F)c4c3)cc2)CC1. The van der Waals surface area contributed by atoms with Gasteiger partial charge >= 0.3 is 0 Å². The van der Waals surface area contributed by atoms with E-state index in [1.165, 1.54) is 50.3 Å². The Morgan fingerprint density at radius 3 is 2.28 bits per heavy atom. The van der Waals surface area contributed by atoms with Gasteiger partial charge in [-0.25, -0.2) is 4.39 Å². The second kappa shape index (κ2) is 10.3. The molecule has 1 fully saturated rings. The fourth-order valence-electron chi connectivity index (χ4n) is 5.04. The maximum Gasteiger partial charge on any atom is 0.201 e. The summed E-state index contributed by atoms with van der Waals surface area (Å²) in [6.45, 7) is 3.84. The molecule has 1 saturated carbocycles. The Labute approximate surface area is 190 Å². The van der Waals surface area contributed by atoms with Crippen LogP contribution in [0.1, 0.15) is 61.1 Å². The summed E-state index contributed by atoms with van der Waals surface area (Å²) in [4.78, 5) is 0. The Morgan fingerprint density at radius 1 is 0.906 bits per heavy atom. The lowest BCUT2D eigenvalue weighted by atomic mass is 9.77. The van der Waals surface area contributed by atoms with Crippen molar-refractivity contribution in [2.75, 3.05) is 7.11 Å². The summed E-state index contributed by atoms with van der Waals surface area (Å²) in [7, 11) is 1.35. The van der Waals surface area contributed by atoms with Gasteiger partial charge in [-0.1, -0.05) is 42.5 Å². The third-order valence-corrected chi connectivity index (χ3v) is 7.05. The number of allylic oxidation sites excluding steroid dienone is 1. The first-order valence-corrected chi connectivity index (χ1v) is 11.7. The van der Waals surface area contributed by atoms with E-state index in [-0.39, 0.29) is 5.75 Å². The number of fused-ring (bicyclic) bond motifs is 1. The minimum absolute atomic E-state index is 0.0620. The van der Waals surface area contributed by atoms with Gasteiger partial charge in [0, 0.05) is 5.39 Å². The van der Waals surface area contributed by atoms with Gasteiger partial charge in [-0.3, -0.25) is 0 Å². The van der Waals surface area contributed by atoms with Gasteiger partial charge in [0.05, 0.1) is 7.11 Å². The Kier molecular flexibility index (Phi) is 7.24. The highest BCUT2D eigenvalue weighted by Crippen LogP contribution is 2.37. The zero-order valence-electron chi connectivity index (χ0n) is 18.9. The van der Waals surface area contributed by atoms with Crippen LogP contribution in [0.25, 0.3) is 10.8 Å². The Bertz CT molecular complexity index is 1060. The molecule has 0 amide bonds. The molecule has 0 spiro atoms. The first-order valence-electron chi connectivity index (χ1n) is 11.7. The first kappa shape index (κ1) is 22.5. The lowest BCUT2D eigenvalue weighted by Gasteiger charge is -2.28. The van der Waals surface area contributed by atoms with Crippen LogP contribution < -0.4 is 4.74 Å². The van der Waals surface area contributed by atoms with E-state index in [1.54, 1.807) is 12.1 Å². The number of benzene rings is 3. The lowest BCUT2D eigenvalue weighted by Crippen LogP contribution is -2.13. The van der Waals surface area contributed by atoms with Crippen molar-refractivity contribution in [3.8, 4) is 5.75 Å². The average molecular weight is 435 g/mol. The van der Waals surface area contributed by atoms with Crippen LogP contribution in [-0.2, 0) is 12.8 Å². The molecule has 0 aromatic heterocycles. The quantitative estimate of drug-likeness (QED) is 0.325. The molecule has 3 heteroatoms. The van der Waals surface area contributed by atoms with Gasteiger partial charge in [0.2, 0.25) is 5.82 Å². The van der Waals surface area contributed by atoms with Crippen molar-refractivity contribution in [1.29, 1.82) is 0 Å². The number of halogens is 2. The van der Waals surface area contributed by atoms with E-state index in [0.717, 1.165) is 30.7 Å². The zero-order chi connectivity index (χ0) is 22.5. The lowest BCUT2D eigenvalue weighted by molar-refractivity contribution is 0.312. The number of ether oxygens (including phenoxy) is 1. The van der Waals surface area contributed by atoms with Crippen molar-refractivity contribution >= 4 is 10.8 Å². The first-order chi connectivity index (χ1) is 15.6. The van der Waals surface area contributed by atoms with Crippen molar-refractivity contribution in [2.24, 2.45) is 5.92 Å². The molecule has 0 N–H and O–H groups in total. The van der Waals surface area contributed by atoms with Gasteiger partial charge < -0.3 is 4.74 Å². The molecule has 32 heavy (non-hydrogen) atoms. The van der Waals surface area contributed by atoms with E-state index in [4.69, 9.17) is 4.74 Å². The van der Waals surface area contributed by atoms with E-state index in [9.17, 15) is 8.78 Å². The van der Waals surface area contributed by atoms with Crippen LogP contribution in [-0.4, -0.2) is 7.11 Å². The van der Waals surface area contributed by atoms with E-state index in [1.807, 2.05) is 18.2 Å². The monoisotopic (exact) mass is 434 g/mol. The largest absolute Gasteiger partial charge is 0.494 e. The minimum atomic E-state index is -0.928. The molecule has 3 aromatic carbocycles. The second-order valence-electron chi connectivity index (χ2n) is 9.09. The van der Waals surface area contributed by atoms with Gasteiger partial charge in [0.15, 0.2) is 11.6 Å². The highest BCUT2D eigenvalue weighted by Gasteiger charge is 2.21. The number of aryl methyl sites for hydroxylation is 2. The molecule has 1 aliphatic rings. The van der Waals surface area contributed by atoms with Gasteiger partial charge in [0.25, 0.3) is 0 Å². The van der Waals surface area contributed by atoms with Crippen LogP contribution in [0, 0.1) is 17.6 Å². The summed E-state index contributed by atoms with van der Waals surface area (Å²) in [5.74, 6) is -0.287. The minimum Gasteiger partial charge on any atom is -0.494 e. The summed E-state index contributed by atoms with van der Waals surface area (Å²) in [5.41, 5.74) is 3.73. The van der Waals surface area contributed by atoms with Crippen LogP contribution in [0.15, 0.2) is 61.2 Å². The van der Waals surface area contributed by atoms with Crippen molar-refractivity contribution in [3.63, 3.8) is 0 Å². The molecular formula is C29H32F2O. The smallest absolute Gasteiger partial charge is 0.201 e. The number of hydrogen-bond acceptors (Lipinski definition) is 1. The molecule has 0 heterocycles. The standard InChI is InChI=1S/C29H32F2O/c1-3-4-5-20-8-13-23(14-9-20)24-15-10-21(11-16-24)6-7-22-12-17-25-19-27(32-2)29(31)28(30)26(25)18-22/h3,10-12,15-20,23H,1,4-9,13-14H2,2H3. The Hall–Kier alpha value is -2.68. The van der Waals surface area contributed by atoms with E-state index >= 15 is 0 Å². The Balaban J connectivity index is 1.37. The average Bonchev–Trinajstić information content (AvgIpc) is 2.84. The molecule has 0 atom stereocenters. The van der Waals surface area contributed by atoms with Gasteiger partial charge in [-0.2, -0.15) is 4.39 Å². The van der Waals surface area contributed by atoms with E-state index in [0.29, 0.717) is 16.7 Å². The van der Waals surface area contributed by atoms with Gasteiger partial charge in [-0.05, 0) is 97.4 Å². The molecule has 168 valence electrons. The van der Waals surface area contributed by atoms with E-state index in [2.05, 4.69) is 30.8 Å². The van der Waals surface area contributed by atoms with E-state index < -0.39 is 11.6 Å². The van der Waals surface area contributed by atoms with Crippen LogP contribution >= 0.6 is 0 Å². The van der Waals surface area contributed by atoms with Crippen LogP contribution in [0.5, 0.6) is 5.75 Å². The maximum atomic E-state index is 14.4. The number of hydrogen-bond donors (Lipinski definition) is 0. The Morgan fingerprint density at radius 2 is 1.59 bits per heavy atom. The molecule has 0 unspecified atom stereocenters.